The van der Waals surface area contributed by atoms with Gasteiger partial charge in [-0.15, -0.1) is 0 Å². The third-order valence-electron chi connectivity index (χ3n) is 6.42. The maximum Gasteiger partial charge on any atom is 0.253 e. The van der Waals surface area contributed by atoms with Gasteiger partial charge < -0.3 is 35.5 Å². The number of ether oxygens (including phenoxy) is 1. The zero-order chi connectivity index (χ0) is 28.8. The summed E-state index contributed by atoms with van der Waals surface area (Å²) in [5.74, 6) is 0.389. The van der Waals surface area contributed by atoms with Gasteiger partial charge in [0.25, 0.3) is 5.91 Å². The summed E-state index contributed by atoms with van der Waals surface area (Å²) in [4.78, 5) is 41.0. The maximum atomic E-state index is 12.3. The van der Waals surface area contributed by atoms with Crippen LogP contribution in [-0.2, 0) is 4.79 Å². The normalized spacial score (nSPS) is 10.8. The number of fused-ring (bicyclic) bond motifs is 1. The summed E-state index contributed by atoms with van der Waals surface area (Å²) in [5.41, 5.74) is 4.72. The van der Waals surface area contributed by atoms with Crippen molar-refractivity contribution in [2.45, 2.75) is 0 Å². The third kappa shape index (κ3) is 6.05. The smallest absolute Gasteiger partial charge is 0.253 e. The molecule has 0 unspecified atom stereocenters. The van der Waals surface area contributed by atoms with E-state index in [9.17, 15) is 9.59 Å². The molecule has 0 bridgehead atoms. The van der Waals surface area contributed by atoms with Gasteiger partial charge in [0.15, 0.2) is 0 Å². The molecule has 0 atom stereocenters. The molecule has 40 heavy (non-hydrogen) atoms. The van der Waals surface area contributed by atoms with Crippen LogP contribution in [0.4, 0.5) is 23.0 Å². The van der Waals surface area contributed by atoms with Crippen molar-refractivity contribution in [3.63, 3.8) is 0 Å². The van der Waals surface area contributed by atoms with Crippen molar-refractivity contribution in [2.75, 3.05) is 63.9 Å². The summed E-state index contributed by atoms with van der Waals surface area (Å²) in [7, 11) is 9.15. The number of para-hydroxylation sites is 1. The molecule has 11 nitrogen and oxygen atoms in total. The first-order valence-corrected chi connectivity index (χ1v) is 12.7. The summed E-state index contributed by atoms with van der Waals surface area (Å²) in [6.45, 7) is 5.13. The minimum atomic E-state index is -0.327. The molecule has 2 amide bonds. The molecule has 4 rings (SSSR count). The first-order chi connectivity index (χ1) is 19.2. The number of rotatable bonds is 11. The minimum Gasteiger partial charge on any atom is -0.494 e. The molecular weight excluding hydrogens is 508 g/mol. The van der Waals surface area contributed by atoms with Gasteiger partial charge in [0.05, 0.1) is 40.9 Å². The number of aromatic amines is 1. The third-order valence-corrected chi connectivity index (χ3v) is 6.42. The van der Waals surface area contributed by atoms with Crippen LogP contribution in [-0.4, -0.2) is 80.1 Å². The van der Waals surface area contributed by atoms with Gasteiger partial charge in [-0.3, -0.25) is 9.59 Å². The predicted octanol–water partition coefficient (Wildman–Crippen LogP) is 3.86. The summed E-state index contributed by atoms with van der Waals surface area (Å²) in [6.07, 6.45) is 4.71. The number of methoxy groups -OCH3 is 1. The molecule has 0 saturated heterocycles. The number of hydrogen-bond acceptors (Lipinski definition) is 8. The largest absolute Gasteiger partial charge is 0.494 e. The van der Waals surface area contributed by atoms with Gasteiger partial charge >= 0.3 is 0 Å². The van der Waals surface area contributed by atoms with Crippen molar-refractivity contribution >= 4 is 45.7 Å². The fourth-order valence-corrected chi connectivity index (χ4v) is 4.29. The molecule has 11 heteroatoms. The Balaban J connectivity index is 1.71. The van der Waals surface area contributed by atoms with Crippen LogP contribution in [0, 0.1) is 0 Å². The highest BCUT2D eigenvalue weighted by Gasteiger charge is 2.18. The standard InChI is InChI=1S/C29H34N8O3/c1-7-26(38)33-22-15-23(25(40-6)16-24(22)37(5)14-13-36(3)4)35-29-31-12-11-21(34-29)20-17-32-27-18(20)9-8-10-19(27)28(39)30-2/h7-12,15-17,32H,1,13-14H2,2-6H3,(H,30,39)(H,33,38)(H,31,34,35). The lowest BCUT2D eigenvalue weighted by atomic mass is 10.1. The first kappa shape index (κ1) is 28.1. The molecule has 0 fully saturated rings. The molecule has 2 aromatic carbocycles. The molecule has 2 aromatic heterocycles. The number of H-pyrrole nitrogens is 1. The Labute approximate surface area is 233 Å². The van der Waals surface area contributed by atoms with Gasteiger partial charge in [0, 0.05) is 56.6 Å². The molecule has 0 radical (unpaired) electrons. The van der Waals surface area contributed by atoms with Crippen LogP contribution in [0.2, 0.25) is 0 Å². The molecule has 4 aromatic rings. The molecule has 0 aliphatic rings. The van der Waals surface area contributed by atoms with E-state index in [2.05, 4.69) is 37.4 Å². The number of carbonyl (C=O) groups excluding carboxylic acids is 2. The Morgan fingerprint density at radius 1 is 1.12 bits per heavy atom. The van der Waals surface area contributed by atoms with Crippen LogP contribution in [0.1, 0.15) is 10.4 Å². The molecule has 4 N–H and O–H groups in total. The maximum absolute atomic E-state index is 12.3. The molecule has 208 valence electrons. The lowest BCUT2D eigenvalue weighted by Gasteiger charge is -2.26. The van der Waals surface area contributed by atoms with E-state index in [0.717, 1.165) is 35.2 Å². The van der Waals surface area contributed by atoms with E-state index in [1.165, 1.54) is 6.08 Å². The summed E-state index contributed by atoms with van der Waals surface area (Å²) in [6, 6.07) is 11.0. The second-order valence-corrected chi connectivity index (χ2v) is 9.39. The number of nitrogens with zero attached hydrogens (tertiary/aromatic N) is 4. The second kappa shape index (κ2) is 12.3. The van der Waals surface area contributed by atoms with Crippen molar-refractivity contribution in [3.05, 3.63) is 67.0 Å². The van der Waals surface area contributed by atoms with Gasteiger partial charge in [-0.25, -0.2) is 9.97 Å². The van der Waals surface area contributed by atoms with Crippen LogP contribution in [0.3, 0.4) is 0 Å². The number of carbonyl (C=O) groups is 2. The minimum absolute atomic E-state index is 0.175. The molecule has 0 spiro atoms. The quantitative estimate of drug-likeness (QED) is 0.211. The Morgan fingerprint density at radius 3 is 2.62 bits per heavy atom. The average Bonchev–Trinajstić information content (AvgIpc) is 3.40. The van der Waals surface area contributed by atoms with E-state index in [1.54, 1.807) is 38.6 Å². The van der Waals surface area contributed by atoms with Crippen LogP contribution in [0.15, 0.2) is 61.4 Å². The van der Waals surface area contributed by atoms with Crippen LogP contribution in [0.25, 0.3) is 22.2 Å². The van der Waals surface area contributed by atoms with Crippen molar-refractivity contribution in [3.8, 4) is 17.0 Å². The molecular formula is C29H34N8O3. The predicted molar refractivity (Wildman–Crippen MR) is 160 cm³/mol. The van der Waals surface area contributed by atoms with E-state index in [4.69, 9.17) is 9.72 Å². The Bertz CT molecular complexity index is 1550. The van der Waals surface area contributed by atoms with Gasteiger partial charge in [-0.05, 0) is 38.4 Å². The summed E-state index contributed by atoms with van der Waals surface area (Å²) in [5, 5.41) is 9.66. The molecule has 2 heterocycles. The Morgan fingerprint density at radius 2 is 1.93 bits per heavy atom. The van der Waals surface area contributed by atoms with Crippen molar-refractivity contribution in [1.29, 1.82) is 0 Å². The lowest BCUT2D eigenvalue weighted by Crippen LogP contribution is -2.29. The number of nitrogens with one attached hydrogen (secondary N) is 4. The van der Waals surface area contributed by atoms with Crippen molar-refractivity contribution in [2.24, 2.45) is 0 Å². The van der Waals surface area contributed by atoms with E-state index in [1.807, 2.05) is 50.4 Å². The van der Waals surface area contributed by atoms with E-state index in [-0.39, 0.29) is 11.8 Å². The Kier molecular flexibility index (Phi) is 8.65. The number of amides is 2. The number of likely N-dealkylation sites (N-methyl/N-ethyl adjacent to an activating group) is 2. The number of hydrogen-bond donors (Lipinski definition) is 4. The molecule has 0 aliphatic heterocycles. The summed E-state index contributed by atoms with van der Waals surface area (Å²) >= 11 is 0. The topological polar surface area (TPSA) is 128 Å². The zero-order valence-corrected chi connectivity index (χ0v) is 23.3. The zero-order valence-electron chi connectivity index (χ0n) is 23.3. The van der Waals surface area contributed by atoms with E-state index >= 15 is 0 Å². The van der Waals surface area contributed by atoms with Crippen LogP contribution < -0.4 is 25.6 Å². The van der Waals surface area contributed by atoms with E-state index in [0.29, 0.717) is 34.3 Å². The van der Waals surface area contributed by atoms with Gasteiger partial charge in [0.1, 0.15) is 5.75 Å². The second-order valence-electron chi connectivity index (χ2n) is 9.39. The fraction of sp³-hybridized carbons (Fsp3) is 0.241. The van der Waals surface area contributed by atoms with Crippen molar-refractivity contribution in [1.82, 2.24) is 25.2 Å². The fourth-order valence-electron chi connectivity index (χ4n) is 4.29. The SMILES string of the molecule is C=CC(=O)Nc1cc(Nc2nccc(-c3c[nH]c4c(C(=O)NC)cccc34)n2)c(OC)cc1N(C)CCN(C)C. The van der Waals surface area contributed by atoms with Gasteiger partial charge in [0.2, 0.25) is 11.9 Å². The number of benzene rings is 2. The average molecular weight is 543 g/mol. The first-order valence-electron chi connectivity index (χ1n) is 12.7. The van der Waals surface area contributed by atoms with Crippen molar-refractivity contribution < 1.29 is 14.3 Å². The highest BCUT2D eigenvalue weighted by molar-refractivity contribution is 6.09. The van der Waals surface area contributed by atoms with Gasteiger partial charge in [-0.1, -0.05) is 18.7 Å². The number of aromatic nitrogens is 3. The highest BCUT2D eigenvalue weighted by Crippen LogP contribution is 2.38. The van der Waals surface area contributed by atoms with E-state index < -0.39 is 0 Å². The van der Waals surface area contributed by atoms with Crippen LogP contribution >= 0.6 is 0 Å². The number of anilines is 4. The van der Waals surface area contributed by atoms with Crippen LogP contribution in [0.5, 0.6) is 5.75 Å². The lowest BCUT2D eigenvalue weighted by molar-refractivity contribution is -0.111. The molecule has 0 aliphatic carbocycles. The summed E-state index contributed by atoms with van der Waals surface area (Å²) < 4.78 is 5.70. The monoisotopic (exact) mass is 542 g/mol. The highest BCUT2D eigenvalue weighted by atomic mass is 16.5. The molecule has 0 saturated carbocycles. The van der Waals surface area contributed by atoms with Gasteiger partial charge in [-0.2, -0.15) is 0 Å². The Hall–Kier alpha value is -4.90.